The SMILES string of the molecule is Cc1ccc(S(=O)(=O)n2cc(C3=Nc4ccccc4C3=O)c3ccccc32)cc1. The molecule has 0 amide bonds. The van der Waals surface area contributed by atoms with Crippen molar-refractivity contribution in [2.75, 3.05) is 0 Å². The molecule has 1 aliphatic heterocycles. The van der Waals surface area contributed by atoms with Gasteiger partial charge in [0.1, 0.15) is 5.71 Å². The van der Waals surface area contributed by atoms with E-state index in [4.69, 9.17) is 0 Å². The van der Waals surface area contributed by atoms with Gasteiger partial charge in [-0.2, -0.15) is 0 Å². The van der Waals surface area contributed by atoms with E-state index in [2.05, 4.69) is 4.99 Å². The van der Waals surface area contributed by atoms with Crippen molar-refractivity contribution in [3.8, 4) is 0 Å². The van der Waals surface area contributed by atoms with Crippen molar-refractivity contribution in [1.29, 1.82) is 0 Å². The Bertz CT molecular complexity index is 1430. The minimum atomic E-state index is -3.83. The van der Waals surface area contributed by atoms with Crippen molar-refractivity contribution in [3.63, 3.8) is 0 Å². The maximum absolute atomic E-state index is 13.3. The number of carbonyl (C=O) groups excluding carboxylic acids is 1. The predicted octanol–water partition coefficient (Wildman–Crippen LogP) is 4.50. The zero-order valence-electron chi connectivity index (χ0n) is 15.5. The molecule has 142 valence electrons. The Kier molecular flexibility index (Phi) is 3.79. The van der Waals surface area contributed by atoms with Crippen LogP contribution in [0.2, 0.25) is 0 Å². The molecule has 4 aromatic rings. The summed E-state index contributed by atoms with van der Waals surface area (Å²) in [6.07, 6.45) is 1.50. The number of Topliss-reactive ketones (excluding diaryl/α,β-unsaturated/α-hetero) is 1. The minimum Gasteiger partial charge on any atom is -0.287 e. The Morgan fingerprint density at radius 3 is 2.28 bits per heavy atom. The Labute approximate surface area is 168 Å². The van der Waals surface area contributed by atoms with E-state index in [1.54, 1.807) is 54.6 Å². The lowest BCUT2D eigenvalue weighted by atomic mass is 10.0. The monoisotopic (exact) mass is 400 g/mol. The molecule has 0 saturated carbocycles. The molecule has 5 rings (SSSR count). The third-order valence-corrected chi connectivity index (χ3v) is 6.79. The van der Waals surface area contributed by atoms with Crippen LogP contribution in [0.15, 0.2) is 88.9 Å². The number of carbonyl (C=O) groups is 1. The lowest BCUT2D eigenvalue weighted by Gasteiger charge is -2.07. The van der Waals surface area contributed by atoms with Gasteiger partial charge in [-0.15, -0.1) is 0 Å². The molecule has 29 heavy (non-hydrogen) atoms. The van der Waals surface area contributed by atoms with Gasteiger partial charge >= 0.3 is 0 Å². The summed E-state index contributed by atoms with van der Waals surface area (Å²) in [7, 11) is -3.83. The van der Waals surface area contributed by atoms with Crippen LogP contribution in [-0.4, -0.2) is 23.9 Å². The Balaban J connectivity index is 1.73. The molecule has 2 heterocycles. The summed E-state index contributed by atoms with van der Waals surface area (Å²) in [5, 5.41) is 0.670. The van der Waals surface area contributed by atoms with E-state index in [0.29, 0.717) is 27.7 Å². The number of hydrogen-bond acceptors (Lipinski definition) is 4. The van der Waals surface area contributed by atoms with Gasteiger partial charge in [-0.05, 0) is 37.3 Å². The number of nitrogens with zero attached hydrogens (tertiary/aromatic N) is 2. The standard InChI is InChI=1S/C23H16N2O3S/c1-15-10-12-16(13-11-15)29(27,28)25-14-19(17-6-3-5-9-21(17)25)22-23(26)18-7-2-4-8-20(18)24-22/h2-14H,1H3. The maximum atomic E-state index is 13.3. The largest absolute Gasteiger partial charge is 0.287 e. The van der Waals surface area contributed by atoms with Crippen LogP contribution in [-0.2, 0) is 10.0 Å². The van der Waals surface area contributed by atoms with Gasteiger partial charge in [-0.3, -0.25) is 4.79 Å². The smallest absolute Gasteiger partial charge is 0.268 e. The second kappa shape index (κ2) is 6.25. The summed E-state index contributed by atoms with van der Waals surface area (Å²) in [5.74, 6) is -0.198. The van der Waals surface area contributed by atoms with Crippen LogP contribution in [0.5, 0.6) is 0 Å². The van der Waals surface area contributed by atoms with Gasteiger partial charge in [0.25, 0.3) is 10.0 Å². The van der Waals surface area contributed by atoms with E-state index in [0.717, 1.165) is 5.56 Å². The van der Waals surface area contributed by atoms with E-state index in [-0.39, 0.29) is 16.4 Å². The maximum Gasteiger partial charge on any atom is 0.268 e. The number of para-hydroxylation sites is 2. The molecule has 0 N–H and O–H groups in total. The Hall–Kier alpha value is -3.51. The van der Waals surface area contributed by atoms with E-state index >= 15 is 0 Å². The molecule has 0 radical (unpaired) electrons. The first kappa shape index (κ1) is 17.6. The van der Waals surface area contributed by atoms with Crippen molar-refractivity contribution >= 4 is 38.1 Å². The van der Waals surface area contributed by atoms with Crippen molar-refractivity contribution in [2.24, 2.45) is 4.99 Å². The summed E-state index contributed by atoms with van der Waals surface area (Å²) in [6.45, 7) is 1.90. The first-order chi connectivity index (χ1) is 14.0. The molecule has 1 aromatic heterocycles. The molecule has 1 aliphatic rings. The van der Waals surface area contributed by atoms with Crippen LogP contribution in [0, 0.1) is 6.92 Å². The molecule has 0 spiro atoms. The number of fused-ring (bicyclic) bond motifs is 2. The summed E-state index contributed by atoms with van der Waals surface area (Å²) in [4.78, 5) is 17.6. The highest BCUT2D eigenvalue weighted by Crippen LogP contribution is 2.33. The third-order valence-electron chi connectivity index (χ3n) is 5.11. The van der Waals surface area contributed by atoms with Crippen LogP contribution in [0.1, 0.15) is 21.5 Å². The number of rotatable bonds is 3. The molecule has 0 unspecified atom stereocenters. The molecule has 0 fully saturated rings. The van der Waals surface area contributed by atoms with E-state index < -0.39 is 10.0 Å². The quantitative estimate of drug-likeness (QED) is 0.508. The second-order valence-corrected chi connectivity index (χ2v) is 8.80. The van der Waals surface area contributed by atoms with E-state index in [9.17, 15) is 13.2 Å². The topological polar surface area (TPSA) is 68.5 Å². The predicted molar refractivity (Wildman–Crippen MR) is 113 cm³/mol. The summed E-state index contributed by atoms with van der Waals surface area (Å²) < 4.78 is 27.9. The van der Waals surface area contributed by atoms with Crippen LogP contribution in [0.25, 0.3) is 10.9 Å². The van der Waals surface area contributed by atoms with Crippen molar-refractivity contribution in [3.05, 3.63) is 95.7 Å². The van der Waals surface area contributed by atoms with Crippen LogP contribution in [0.3, 0.4) is 0 Å². The fourth-order valence-corrected chi connectivity index (χ4v) is 4.98. The minimum absolute atomic E-state index is 0.193. The van der Waals surface area contributed by atoms with E-state index in [1.165, 1.54) is 10.2 Å². The van der Waals surface area contributed by atoms with E-state index in [1.807, 2.05) is 25.1 Å². The highest BCUT2D eigenvalue weighted by molar-refractivity contribution is 7.90. The molecule has 0 bridgehead atoms. The normalized spacial score (nSPS) is 13.6. The zero-order chi connectivity index (χ0) is 20.2. The van der Waals surface area contributed by atoms with Crippen molar-refractivity contribution in [2.45, 2.75) is 11.8 Å². The summed E-state index contributed by atoms with van der Waals surface area (Å²) >= 11 is 0. The molecule has 0 aliphatic carbocycles. The fraction of sp³-hybridized carbons (Fsp3) is 0.0435. The fourth-order valence-electron chi connectivity index (χ4n) is 3.61. The first-order valence-electron chi connectivity index (χ1n) is 9.12. The lowest BCUT2D eigenvalue weighted by Crippen LogP contribution is -2.13. The van der Waals surface area contributed by atoms with Crippen LogP contribution < -0.4 is 0 Å². The van der Waals surface area contributed by atoms with Gasteiger partial charge in [0, 0.05) is 22.7 Å². The Morgan fingerprint density at radius 2 is 1.52 bits per heavy atom. The van der Waals surface area contributed by atoms with Crippen molar-refractivity contribution in [1.82, 2.24) is 3.97 Å². The molecular weight excluding hydrogens is 384 g/mol. The highest BCUT2D eigenvalue weighted by Gasteiger charge is 2.30. The van der Waals surface area contributed by atoms with Gasteiger partial charge in [-0.1, -0.05) is 48.0 Å². The molecule has 3 aromatic carbocycles. The lowest BCUT2D eigenvalue weighted by molar-refractivity contribution is 0.107. The number of aryl methyl sites for hydroxylation is 1. The van der Waals surface area contributed by atoms with Gasteiger partial charge < -0.3 is 0 Å². The van der Waals surface area contributed by atoms with Crippen LogP contribution >= 0.6 is 0 Å². The summed E-state index contributed by atoms with van der Waals surface area (Å²) in [6, 6.07) is 21.0. The third kappa shape index (κ3) is 2.64. The molecular formula is C23H16N2O3S. The molecule has 0 saturated heterocycles. The average Bonchev–Trinajstić information content (AvgIpc) is 3.27. The van der Waals surface area contributed by atoms with Crippen LogP contribution in [0.4, 0.5) is 5.69 Å². The average molecular weight is 400 g/mol. The zero-order valence-corrected chi connectivity index (χ0v) is 16.3. The number of hydrogen-bond donors (Lipinski definition) is 0. The number of benzene rings is 3. The van der Waals surface area contributed by atoms with Gasteiger partial charge in [-0.25, -0.2) is 17.4 Å². The van der Waals surface area contributed by atoms with Gasteiger partial charge in [0.15, 0.2) is 0 Å². The molecule has 6 heteroatoms. The first-order valence-corrected chi connectivity index (χ1v) is 10.6. The highest BCUT2D eigenvalue weighted by atomic mass is 32.2. The Morgan fingerprint density at radius 1 is 0.828 bits per heavy atom. The molecule has 5 nitrogen and oxygen atoms in total. The molecule has 0 atom stereocenters. The summed E-state index contributed by atoms with van der Waals surface area (Å²) in [5.41, 5.74) is 3.39. The van der Waals surface area contributed by atoms with Crippen molar-refractivity contribution < 1.29 is 13.2 Å². The number of aliphatic imine (C=N–C) groups is 1. The second-order valence-electron chi connectivity index (χ2n) is 6.98. The number of ketones is 1. The van der Waals surface area contributed by atoms with Gasteiger partial charge in [0.2, 0.25) is 5.78 Å². The number of aromatic nitrogens is 1. The van der Waals surface area contributed by atoms with Gasteiger partial charge in [0.05, 0.1) is 16.1 Å².